The highest BCUT2D eigenvalue weighted by atomic mass is 16.5. The Morgan fingerprint density at radius 3 is 2.68 bits per heavy atom. The minimum Gasteiger partial charge on any atom is -0.387 e. The summed E-state index contributed by atoms with van der Waals surface area (Å²) in [5, 5.41) is 19.4. The van der Waals surface area contributed by atoms with Gasteiger partial charge in [-0.2, -0.15) is 5.26 Å². The summed E-state index contributed by atoms with van der Waals surface area (Å²) < 4.78 is 5.59. The van der Waals surface area contributed by atoms with Crippen LogP contribution in [0.1, 0.15) is 49.6 Å². The maximum Gasteiger partial charge on any atom is 0.179 e. The van der Waals surface area contributed by atoms with Gasteiger partial charge in [-0.25, -0.2) is 0 Å². The summed E-state index contributed by atoms with van der Waals surface area (Å²) in [7, 11) is 1.72. The smallest absolute Gasteiger partial charge is 0.179 e. The number of aliphatic hydroxyl groups excluding tert-OH is 1. The number of rotatable bonds is 3. The summed E-state index contributed by atoms with van der Waals surface area (Å²) in [4.78, 5) is 18.8. The standard InChI is InChI=1S/C19H23N3O3/c1-12(23)16-9-14-13(11-21-16)8-17(24)15(10-20)18(14)22-6-4-19(2,25-3)5-7-22/h9,11-12,23H,4-8H2,1-3H3/t12-/m1/s1. The predicted molar refractivity (Wildman–Crippen MR) is 92.3 cm³/mol. The minimum atomic E-state index is -0.701. The van der Waals surface area contributed by atoms with E-state index in [2.05, 4.69) is 22.9 Å². The number of carbonyl (C=O) groups excluding carboxylic acids is 1. The van der Waals surface area contributed by atoms with Gasteiger partial charge < -0.3 is 14.7 Å². The van der Waals surface area contributed by atoms with Crippen LogP contribution in [0.5, 0.6) is 0 Å². The van der Waals surface area contributed by atoms with Crippen LogP contribution in [0, 0.1) is 11.3 Å². The molecule has 1 aliphatic heterocycles. The van der Waals surface area contributed by atoms with Gasteiger partial charge in [0.05, 0.1) is 23.1 Å². The van der Waals surface area contributed by atoms with Crippen molar-refractivity contribution in [2.45, 2.75) is 44.8 Å². The zero-order chi connectivity index (χ0) is 18.2. The van der Waals surface area contributed by atoms with Crippen LogP contribution in [0.3, 0.4) is 0 Å². The number of likely N-dealkylation sites (tertiary alicyclic amines) is 1. The second kappa shape index (κ2) is 6.58. The van der Waals surface area contributed by atoms with E-state index >= 15 is 0 Å². The molecule has 1 saturated heterocycles. The Hall–Kier alpha value is -2.23. The molecule has 0 spiro atoms. The molecule has 6 heteroatoms. The van der Waals surface area contributed by atoms with Gasteiger partial charge in [-0.05, 0) is 38.3 Å². The highest BCUT2D eigenvalue weighted by molar-refractivity contribution is 6.09. The molecule has 0 amide bonds. The molecule has 3 rings (SSSR count). The summed E-state index contributed by atoms with van der Waals surface area (Å²) in [6, 6.07) is 3.91. The fourth-order valence-corrected chi connectivity index (χ4v) is 3.47. The number of piperidine rings is 1. The zero-order valence-electron chi connectivity index (χ0n) is 14.9. The van der Waals surface area contributed by atoms with Crippen LogP contribution < -0.4 is 0 Å². The number of hydrogen-bond acceptors (Lipinski definition) is 6. The largest absolute Gasteiger partial charge is 0.387 e. The summed E-state index contributed by atoms with van der Waals surface area (Å²) in [6.07, 6.45) is 2.77. The number of nitriles is 1. The number of methoxy groups -OCH3 is 1. The number of fused-ring (bicyclic) bond motifs is 1. The number of nitrogens with zero attached hydrogens (tertiary/aromatic N) is 3. The molecule has 1 aliphatic carbocycles. The molecule has 1 aromatic rings. The molecule has 2 aliphatic rings. The number of aliphatic hydroxyl groups is 1. The Kier molecular flexibility index (Phi) is 4.63. The fraction of sp³-hybridized carbons (Fsp3) is 0.526. The van der Waals surface area contributed by atoms with E-state index in [4.69, 9.17) is 4.74 Å². The molecule has 6 nitrogen and oxygen atoms in total. The Balaban J connectivity index is 2.05. The molecule has 0 aromatic carbocycles. The molecule has 0 radical (unpaired) electrons. The molecule has 1 aromatic heterocycles. The van der Waals surface area contributed by atoms with Gasteiger partial charge in [0.2, 0.25) is 0 Å². The molecule has 0 saturated carbocycles. The van der Waals surface area contributed by atoms with E-state index in [0.717, 1.165) is 24.0 Å². The second-order valence-electron chi connectivity index (χ2n) is 7.02. The normalized spacial score (nSPS) is 20.9. The summed E-state index contributed by atoms with van der Waals surface area (Å²) >= 11 is 0. The molecule has 2 heterocycles. The van der Waals surface area contributed by atoms with Crippen molar-refractivity contribution < 1.29 is 14.6 Å². The summed E-state index contributed by atoms with van der Waals surface area (Å²) in [6.45, 7) is 5.16. The Morgan fingerprint density at radius 2 is 2.12 bits per heavy atom. The molecule has 1 atom stereocenters. The van der Waals surface area contributed by atoms with Gasteiger partial charge in [-0.3, -0.25) is 9.78 Å². The lowest BCUT2D eigenvalue weighted by molar-refractivity contribution is -0.114. The van der Waals surface area contributed by atoms with Crippen molar-refractivity contribution >= 4 is 11.5 Å². The van der Waals surface area contributed by atoms with Crippen molar-refractivity contribution in [3.8, 4) is 6.07 Å². The van der Waals surface area contributed by atoms with Gasteiger partial charge in [-0.1, -0.05) is 0 Å². The van der Waals surface area contributed by atoms with Crippen LogP contribution in [0.15, 0.2) is 17.8 Å². The van der Waals surface area contributed by atoms with Crippen LogP contribution in [0.2, 0.25) is 0 Å². The highest BCUT2D eigenvalue weighted by Crippen LogP contribution is 2.36. The maximum absolute atomic E-state index is 12.4. The Labute approximate surface area is 147 Å². The van der Waals surface area contributed by atoms with E-state index in [1.807, 2.05) is 6.07 Å². The van der Waals surface area contributed by atoms with Gasteiger partial charge in [-0.15, -0.1) is 0 Å². The van der Waals surface area contributed by atoms with Gasteiger partial charge in [0.1, 0.15) is 11.6 Å². The first-order valence-corrected chi connectivity index (χ1v) is 8.53. The molecular weight excluding hydrogens is 318 g/mol. The van der Waals surface area contributed by atoms with Crippen molar-refractivity contribution in [3.63, 3.8) is 0 Å². The summed E-state index contributed by atoms with van der Waals surface area (Å²) in [5.74, 6) is -0.170. The van der Waals surface area contributed by atoms with Crippen LogP contribution in [-0.2, 0) is 16.0 Å². The number of aromatic nitrogens is 1. The minimum absolute atomic E-state index is 0.170. The van der Waals surface area contributed by atoms with Crippen molar-refractivity contribution in [2.75, 3.05) is 20.2 Å². The molecule has 1 fully saturated rings. The van der Waals surface area contributed by atoms with Crippen molar-refractivity contribution in [2.24, 2.45) is 0 Å². The molecule has 0 unspecified atom stereocenters. The average molecular weight is 341 g/mol. The van der Waals surface area contributed by atoms with Crippen LogP contribution in [0.25, 0.3) is 5.70 Å². The second-order valence-corrected chi connectivity index (χ2v) is 7.02. The summed E-state index contributed by atoms with van der Waals surface area (Å²) in [5.41, 5.74) is 2.90. The third kappa shape index (κ3) is 3.17. The Morgan fingerprint density at radius 1 is 1.44 bits per heavy atom. The van der Waals surface area contributed by atoms with Crippen LogP contribution in [-0.4, -0.2) is 46.6 Å². The van der Waals surface area contributed by atoms with Gasteiger partial charge in [0.15, 0.2) is 5.78 Å². The maximum atomic E-state index is 12.4. The third-order valence-corrected chi connectivity index (χ3v) is 5.30. The monoisotopic (exact) mass is 341 g/mol. The van der Waals surface area contributed by atoms with E-state index < -0.39 is 6.10 Å². The molecule has 1 N–H and O–H groups in total. The first-order valence-electron chi connectivity index (χ1n) is 8.53. The number of Topliss-reactive ketones (excluding diaryl/α,β-unsaturated/α-hetero) is 1. The zero-order valence-corrected chi connectivity index (χ0v) is 14.9. The number of ether oxygens (including phenoxy) is 1. The lowest BCUT2D eigenvalue weighted by Crippen LogP contribution is -2.43. The molecule has 132 valence electrons. The predicted octanol–water partition coefficient (Wildman–Crippen LogP) is 2.00. The van der Waals surface area contributed by atoms with E-state index in [9.17, 15) is 15.2 Å². The Bertz CT molecular complexity index is 769. The number of carbonyl (C=O) groups is 1. The van der Waals surface area contributed by atoms with E-state index in [1.54, 1.807) is 20.2 Å². The highest BCUT2D eigenvalue weighted by Gasteiger charge is 2.35. The third-order valence-electron chi connectivity index (χ3n) is 5.30. The van der Waals surface area contributed by atoms with Gasteiger partial charge >= 0.3 is 0 Å². The number of pyridine rings is 1. The molecular formula is C19H23N3O3. The van der Waals surface area contributed by atoms with Crippen molar-refractivity contribution in [1.82, 2.24) is 9.88 Å². The van der Waals surface area contributed by atoms with Crippen LogP contribution >= 0.6 is 0 Å². The quantitative estimate of drug-likeness (QED) is 0.905. The first kappa shape index (κ1) is 17.6. The topological polar surface area (TPSA) is 86.5 Å². The average Bonchev–Trinajstić information content (AvgIpc) is 2.61. The molecule has 25 heavy (non-hydrogen) atoms. The van der Waals surface area contributed by atoms with Crippen molar-refractivity contribution in [1.29, 1.82) is 5.26 Å². The van der Waals surface area contributed by atoms with E-state index in [-0.39, 0.29) is 23.4 Å². The number of allylic oxidation sites excluding steroid dienone is 1. The van der Waals surface area contributed by atoms with Gasteiger partial charge in [0.25, 0.3) is 0 Å². The molecule has 0 bridgehead atoms. The van der Waals surface area contributed by atoms with Crippen LogP contribution in [0.4, 0.5) is 0 Å². The van der Waals surface area contributed by atoms with Gasteiger partial charge in [0, 0.05) is 38.4 Å². The number of hydrogen-bond donors (Lipinski definition) is 1. The number of ketones is 1. The lowest BCUT2D eigenvalue weighted by atomic mass is 9.86. The van der Waals surface area contributed by atoms with Crippen molar-refractivity contribution in [3.05, 3.63) is 34.7 Å². The SMILES string of the molecule is COC1(C)CCN(C2=C(C#N)C(=O)Cc3cnc([C@@H](C)O)cc32)CC1. The fourth-order valence-electron chi connectivity index (χ4n) is 3.47. The first-order chi connectivity index (χ1) is 11.9. The van der Waals surface area contributed by atoms with E-state index in [1.165, 1.54) is 0 Å². The van der Waals surface area contributed by atoms with E-state index in [0.29, 0.717) is 24.5 Å². The lowest BCUT2D eigenvalue weighted by Gasteiger charge is -2.41.